The summed E-state index contributed by atoms with van der Waals surface area (Å²) in [6.07, 6.45) is 0.876. The molecule has 1 atom stereocenters. The second kappa shape index (κ2) is 9.11. The summed E-state index contributed by atoms with van der Waals surface area (Å²) < 4.78 is 18.7. The van der Waals surface area contributed by atoms with Crippen LogP contribution in [0.25, 0.3) is 0 Å². The number of morpholine rings is 1. The van der Waals surface area contributed by atoms with E-state index in [-0.39, 0.29) is 30.0 Å². The molecule has 0 radical (unpaired) electrons. The number of hydrogen-bond donors (Lipinski definition) is 0. The molecule has 1 aliphatic rings. The van der Waals surface area contributed by atoms with Crippen molar-refractivity contribution in [3.63, 3.8) is 0 Å². The summed E-state index contributed by atoms with van der Waals surface area (Å²) in [5, 5.41) is 0.660. The monoisotopic (exact) mass is 389 g/mol. The van der Waals surface area contributed by atoms with E-state index in [9.17, 15) is 14.0 Å². The van der Waals surface area contributed by atoms with E-state index >= 15 is 0 Å². The molecule has 0 spiro atoms. The first-order valence-electron chi connectivity index (χ1n) is 8.96. The van der Waals surface area contributed by atoms with Gasteiger partial charge < -0.3 is 9.64 Å². The van der Waals surface area contributed by atoms with Crippen molar-refractivity contribution in [3.05, 3.63) is 70.5 Å². The zero-order valence-electron chi connectivity index (χ0n) is 14.9. The molecule has 0 aromatic heterocycles. The van der Waals surface area contributed by atoms with Crippen LogP contribution < -0.4 is 0 Å². The van der Waals surface area contributed by atoms with Gasteiger partial charge >= 0.3 is 0 Å². The van der Waals surface area contributed by atoms with Crippen LogP contribution in [0.4, 0.5) is 4.39 Å². The second-order valence-electron chi connectivity index (χ2n) is 6.53. The zero-order valence-corrected chi connectivity index (χ0v) is 15.6. The molecule has 4 nitrogen and oxygen atoms in total. The fraction of sp³-hybridized carbons (Fsp3) is 0.333. The Morgan fingerprint density at radius 1 is 1.07 bits per heavy atom. The fourth-order valence-electron chi connectivity index (χ4n) is 3.09. The number of nitrogens with zero attached hydrogens (tertiary/aromatic N) is 1. The Bertz CT molecular complexity index is 792. The lowest BCUT2D eigenvalue weighted by molar-refractivity contribution is -0.139. The standard InChI is InChI=1S/C21H21ClFNO3/c22-17-8-4-16(5-9-17)20-14-24(12-13-27-20)21(26)3-1-2-19(25)15-6-10-18(23)11-7-15/h4-11,20H,1-3,12-14H2. The van der Waals surface area contributed by atoms with E-state index in [0.717, 1.165) is 5.56 Å². The van der Waals surface area contributed by atoms with Crippen LogP contribution in [0.1, 0.15) is 41.3 Å². The summed E-state index contributed by atoms with van der Waals surface area (Å²) >= 11 is 5.91. The van der Waals surface area contributed by atoms with Gasteiger partial charge in [0.2, 0.25) is 5.91 Å². The molecule has 1 amide bonds. The van der Waals surface area contributed by atoms with Crippen LogP contribution >= 0.6 is 11.6 Å². The van der Waals surface area contributed by atoms with E-state index in [2.05, 4.69) is 0 Å². The third kappa shape index (κ3) is 5.37. The summed E-state index contributed by atoms with van der Waals surface area (Å²) in [4.78, 5) is 26.4. The molecule has 1 unspecified atom stereocenters. The van der Waals surface area contributed by atoms with E-state index in [1.807, 2.05) is 24.3 Å². The van der Waals surface area contributed by atoms with Crippen LogP contribution in [0.2, 0.25) is 5.02 Å². The first-order chi connectivity index (χ1) is 13.0. The van der Waals surface area contributed by atoms with Crippen LogP contribution in [0.15, 0.2) is 48.5 Å². The highest BCUT2D eigenvalue weighted by Crippen LogP contribution is 2.24. The fourth-order valence-corrected chi connectivity index (χ4v) is 3.22. The minimum absolute atomic E-state index is 0.0177. The Hall–Kier alpha value is -2.24. The Labute approximate surface area is 162 Å². The lowest BCUT2D eigenvalue weighted by Crippen LogP contribution is -2.42. The molecule has 1 saturated heterocycles. The van der Waals surface area contributed by atoms with Gasteiger partial charge in [-0.15, -0.1) is 0 Å². The Kier molecular flexibility index (Phi) is 6.58. The molecule has 1 aliphatic heterocycles. The molecule has 142 valence electrons. The number of rotatable bonds is 6. The first kappa shape index (κ1) is 19.5. The van der Waals surface area contributed by atoms with Crippen LogP contribution in [-0.2, 0) is 9.53 Å². The number of halogens is 2. The van der Waals surface area contributed by atoms with Gasteiger partial charge in [-0.2, -0.15) is 0 Å². The summed E-state index contributed by atoms with van der Waals surface area (Å²) in [5.74, 6) is -0.433. The molecule has 27 heavy (non-hydrogen) atoms. The van der Waals surface area contributed by atoms with Crippen LogP contribution in [0.3, 0.4) is 0 Å². The maximum Gasteiger partial charge on any atom is 0.222 e. The number of hydrogen-bond acceptors (Lipinski definition) is 3. The van der Waals surface area contributed by atoms with Crippen molar-refractivity contribution in [2.45, 2.75) is 25.4 Å². The smallest absolute Gasteiger partial charge is 0.222 e. The molecule has 1 fully saturated rings. The van der Waals surface area contributed by atoms with Crippen molar-refractivity contribution in [2.75, 3.05) is 19.7 Å². The SMILES string of the molecule is O=C(CCCC(=O)N1CCOC(c2ccc(Cl)cc2)C1)c1ccc(F)cc1. The van der Waals surface area contributed by atoms with Gasteiger partial charge in [-0.05, 0) is 48.4 Å². The lowest BCUT2D eigenvalue weighted by Gasteiger charge is -2.33. The molecule has 2 aromatic rings. The van der Waals surface area contributed by atoms with E-state index in [4.69, 9.17) is 16.3 Å². The van der Waals surface area contributed by atoms with E-state index in [0.29, 0.717) is 43.1 Å². The molecule has 0 saturated carbocycles. The molecule has 6 heteroatoms. The van der Waals surface area contributed by atoms with Gasteiger partial charge in [0.1, 0.15) is 11.9 Å². The van der Waals surface area contributed by atoms with Gasteiger partial charge in [0.15, 0.2) is 5.78 Å². The predicted octanol–water partition coefficient (Wildman–Crippen LogP) is 4.43. The van der Waals surface area contributed by atoms with Crippen LogP contribution in [0.5, 0.6) is 0 Å². The van der Waals surface area contributed by atoms with Gasteiger partial charge in [-0.3, -0.25) is 9.59 Å². The van der Waals surface area contributed by atoms with Gasteiger partial charge in [0.25, 0.3) is 0 Å². The second-order valence-corrected chi connectivity index (χ2v) is 6.97. The van der Waals surface area contributed by atoms with Gasteiger partial charge in [-0.1, -0.05) is 23.7 Å². The van der Waals surface area contributed by atoms with E-state index in [1.54, 1.807) is 4.90 Å². The summed E-state index contributed by atoms with van der Waals surface area (Å²) in [7, 11) is 0. The quantitative estimate of drug-likeness (QED) is 0.686. The van der Waals surface area contributed by atoms with Crippen molar-refractivity contribution in [1.82, 2.24) is 4.90 Å². The van der Waals surface area contributed by atoms with Crippen molar-refractivity contribution in [3.8, 4) is 0 Å². The molecular weight excluding hydrogens is 369 g/mol. The Balaban J connectivity index is 1.48. The molecule has 0 aliphatic carbocycles. The van der Waals surface area contributed by atoms with Gasteiger partial charge in [0.05, 0.1) is 13.2 Å². The molecule has 0 bridgehead atoms. The number of Topliss-reactive ketones (excluding diaryl/α,β-unsaturated/α-hetero) is 1. The van der Waals surface area contributed by atoms with Crippen molar-refractivity contribution >= 4 is 23.3 Å². The third-order valence-electron chi connectivity index (χ3n) is 4.62. The number of benzene rings is 2. The van der Waals surface area contributed by atoms with Crippen LogP contribution in [-0.4, -0.2) is 36.3 Å². The Morgan fingerprint density at radius 2 is 1.78 bits per heavy atom. The average Bonchev–Trinajstić information content (AvgIpc) is 2.69. The summed E-state index contributed by atoms with van der Waals surface area (Å²) in [5.41, 5.74) is 1.46. The highest BCUT2D eigenvalue weighted by Gasteiger charge is 2.25. The number of ether oxygens (including phenoxy) is 1. The molecular formula is C21H21ClFNO3. The minimum atomic E-state index is -0.371. The largest absolute Gasteiger partial charge is 0.370 e. The van der Waals surface area contributed by atoms with Crippen molar-refractivity contribution < 1.29 is 18.7 Å². The van der Waals surface area contributed by atoms with Crippen LogP contribution in [0, 0.1) is 5.82 Å². The number of amides is 1. The maximum atomic E-state index is 12.9. The Morgan fingerprint density at radius 3 is 2.48 bits per heavy atom. The summed E-state index contributed by atoms with van der Waals surface area (Å²) in [6.45, 7) is 1.52. The topological polar surface area (TPSA) is 46.6 Å². The van der Waals surface area contributed by atoms with Gasteiger partial charge in [0, 0.05) is 30.0 Å². The molecule has 1 heterocycles. The zero-order chi connectivity index (χ0) is 19.2. The highest BCUT2D eigenvalue weighted by atomic mass is 35.5. The third-order valence-corrected chi connectivity index (χ3v) is 4.87. The average molecular weight is 390 g/mol. The van der Waals surface area contributed by atoms with Gasteiger partial charge in [-0.25, -0.2) is 4.39 Å². The number of carbonyl (C=O) groups is 2. The minimum Gasteiger partial charge on any atom is -0.370 e. The maximum absolute atomic E-state index is 12.9. The number of carbonyl (C=O) groups excluding carboxylic acids is 2. The summed E-state index contributed by atoms with van der Waals surface area (Å²) in [6, 6.07) is 12.9. The molecule has 3 rings (SSSR count). The van der Waals surface area contributed by atoms with E-state index in [1.165, 1.54) is 24.3 Å². The number of ketones is 1. The lowest BCUT2D eigenvalue weighted by atomic mass is 10.0. The first-order valence-corrected chi connectivity index (χ1v) is 9.34. The molecule has 2 aromatic carbocycles. The molecule has 0 N–H and O–H groups in total. The van der Waals surface area contributed by atoms with Crippen molar-refractivity contribution in [2.24, 2.45) is 0 Å². The highest BCUT2D eigenvalue weighted by molar-refractivity contribution is 6.30. The normalized spacial score (nSPS) is 17.0. The van der Waals surface area contributed by atoms with Crippen molar-refractivity contribution in [1.29, 1.82) is 0 Å². The predicted molar refractivity (Wildman–Crippen MR) is 101 cm³/mol. The van der Waals surface area contributed by atoms with E-state index < -0.39 is 0 Å².